The van der Waals surface area contributed by atoms with Gasteiger partial charge in [-0.2, -0.15) is 0 Å². The van der Waals surface area contributed by atoms with Gasteiger partial charge in [0.1, 0.15) is 0 Å². The Labute approximate surface area is 126 Å². The summed E-state index contributed by atoms with van der Waals surface area (Å²) in [5, 5.41) is 18.0. The molecule has 21 heavy (non-hydrogen) atoms. The second kappa shape index (κ2) is 8.16. The fraction of sp³-hybridized carbons (Fsp3) is 0.529. The van der Waals surface area contributed by atoms with E-state index in [9.17, 15) is 5.11 Å². The van der Waals surface area contributed by atoms with Crippen LogP contribution in [0.5, 0.6) is 0 Å². The van der Waals surface area contributed by atoms with Gasteiger partial charge in [-0.3, -0.25) is 4.90 Å². The Bertz CT molecular complexity index is 506. The van der Waals surface area contributed by atoms with E-state index in [0.29, 0.717) is 19.1 Å². The van der Waals surface area contributed by atoms with Crippen LogP contribution in [0.3, 0.4) is 0 Å². The number of ether oxygens (including phenoxy) is 1. The van der Waals surface area contributed by atoms with E-state index < -0.39 is 0 Å². The van der Waals surface area contributed by atoms with Gasteiger partial charge >= 0.3 is 0 Å². The van der Waals surface area contributed by atoms with Gasteiger partial charge in [0.05, 0.1) is 25.9 Å². The van der Waals surface area contributed by atoms with Crippen LogP contribution in [0.25, 0.3) is 0 Å². The molecular formula is C17H23NO3. The molecule has 2 rings (SSSR count). The number of benzene rings is 1. The summed E-state index contributed by atoms with van der Waals surface area (Å²) in [7, 11) is 0. The fourth-order valence-electron chi connectivity index (χ4n) is 2.41. The summed E-state index contributed by atoms with van der Waals surface area (Å²) in [4.78, 5) is 2.32. The van der Waals surface area contributed by atoms with Crippen molar-refractivity contribution in [1.82, 2.24) is 4.90 Å². The first-order chi connectivity index (χ1) is 10.2. The largest absolute Gasteiger partial charge is 0.395 e. The lowest BCUT2D eigenvalue weighted by Crippen LogP contribution is -2.48. The van der Waals surface area contributed by atoms with Crippen molar-refractivity contribution in [3.05, 3.63) is 35.4 Å². The molecule has 0 saturated carbocycles. The number of nitrogens with zero attached hydrogens (tertiary/aromatic N) is 1. The first kappa shape index (κ1) is 16.0. The summed E-state index contributed by atoms with van der Waals surface area (Å²) in [6.45, 7) is 4.53. The average Bonchev–Trinajstić information content (AvgIpc) is 2.50. The van der Waals surface area contributed by atoms with Gasteiger partial charge in [-0.15, -0.1) is 0 Å². The topological polar surface area (TPSA) is 52.9 Å². The minimum Gasteiger partial charge on any atom is -0.395 e. The first-order valence-electron chi connectivity index (χ1n) is 7.38. The van der Waals surface area contributed by atoms with Crippen LogP contribution in [0.15, 0.2) is 24.3 Å². The zero-order valence-electron chi connectivity index (χ0n) is 12.5. The summed E-state index contributed by atoms with van der Waals surface area (Å²) in [5.41, 5.74) is 2.18. The Morgan fingerprint density at radius 2 is 2.24 bits per heavy atom. The molecule has 1 aliphatic rings. The third-order valence-corrected chi connectivity index (χ3v) is 3.62. The molecule has 114 valence electrons. The lowest BCUT2D eigenvalue weighted by Gasteiger charge is -2.37. The molecule has 4 heteroatoms. The average molecular weight is 289 g/mol. The SMILES string of the molecule is CC1COC(CO)CN1Cc1cccc(C#CCCO)c1. The van der Waals surface area contributed by atoms with Gasteiger partial charge in [0.15, 0.2) is 0 Å². The standard InChI is InChI=1S/C17H23NO3/c1-14-13-21-17(12-20)11-18(14)10-16-7-4-6-15(9-16)5-2-3-8-19/h4,6-7,9,14,17,19-20H,3,8,10-13H2,1H3. The molecule has 1 aliphatic heterocycles. The normalized spacial score (nSPS) is 22.6. The highest BCUT2D eigenvalue weighted by Gasteiger charge is 2.25. The maximum absolute atomic E-state index is 9.24. The predicted molar refractivity (Wildman–Crippen MR) is 81.7 cm³/mol. The Kier molecular flexibility index (Phi) is 6.21. The zero-order chi connectivity index (χ0) is 15.1. The Balaban J connectivity index is 2.02. The van der Waals surface area contributed by atoms with Gasteiger partial charge in [-0.05, 0) is 24.6 Å². The molecule has 2 N–H and O–H groups in total. The number of rotatable bonds is 4. The number of morpholine rings is 1. The van der Waals surface area contributed by atoms with Gasteiger partial charge in [-0.25, -0.2) is 0 Å². The van der Waals surface area contributed by atoms with Crippen LogP contribution in [-0.2, 0) is 11.3 Å². The summed E-state index contributed by atoms with van der Waals surface area (Å²) >= 11 is 0. The number of hydrogen-bond acceptors (Lipinski definition) is 4. The second-order valence-corrected chi connectivity index (χ2v) is 5.39. The molecule has 1 fully saturated rings. The van der Waals surface area contributed by atoms with Crippen LogP contribution in [-0.4, -0.2) is 53.6 Å². The molecule has 1 heterocycles. The monoisotopic (exact) mass is 289 g/mol. The van der Waals surface area contributed by atoms with Crippen molar-refractivity contribution < 1.29 is 14.9 Å². The van der Waals surface area contributed by atoms with E-state index in [2.05, 4.69) is 35.8 Å². The van der Waals surface area contributed by atoms with Crippen molar-refractivity contribution in [2.45, 2.75) is 32.0 Å². The quantitative estimate of drug-likeness (QED) is 0.812. The van der Waals surface area contributed by atoms with Crippen LogP contribution < -0.4 is 0 Å². The van der Waals surface area contributed by atoms with E-state index in [1.807, 2.05) is 12.1 Å². The van der Waals surface area contributed by atoms with Gasteiger partial charge in [0.25, 0.3) is 0 Å². The van der Waals surface area contributed by atoms with Crippen molar-refractivity contribution >= 4 is 0 Å². The van der Waals surface area contributed by atoms with E-state index >= 15 is 0 Å². The lowest BCUT2D eigenvalue weighted by atomic mass is 10.1. The van der Waals surface area contributed by atoms with E-state index in [1.54, 1.807) is 0 Å². The van der Waals surface area contributed by atoms with E-state index in [-0.39, 0.29) is 19.3 Å². The van der Waals surface area contributed by atoms with E-state index in [1.165, 1.54) is 5.56 Å². The van der Waals surface area contributed by atoms with Crippen LogP contribution in [0, 0.1) is 11.8 Å². The molecule has 2 unspecified atom stereocenters. The van der Waals surface area contributed by atoms with E-state index in [0.717, 1.165) is 18.7 Å². The summed E-state index contributed by atoms with van der Waals surface area (Å²) in [6.07, 6.45) is 0.414. The van der Waals surface area contributed by atoms with Crippen molar-refractivity contribution in [3.63, 3.8) is 0 Å². The molecule has 2 atom stereocenters. The van der Waals surface area contributed by atoms with Crippen molar-refractivity contribution in [2.75, 3.05) is 26.4 Å². The molecular weight excluding hydrogens is 266 g/mol. The highest BCUT2D eigenvalue weighted by Crippen LogP contribution is 2.16. The van der Waals surface area contributed by atoms with E-state index in [4.69, 9.17) is 9.84 Å². The Morgan fingerprint density at radius 3 is 3.00 bits per heavy atom. The minimum absolute atomic E-state index is 0.0654. The Morgan fingerprint density at radius 1 is 1.38 bits per heavy atom. The molecule has 1 aromatic rings. The molecule has 0 amide bonds. The molecule has 1 saturated heterocycles. The van der Waals surface area contributed by atoms with Crippen LogP contribution in [0.1, 0.15) is 24.5 Å². The van der Waals surface area contributed by atoms with Crippen molar-refractivity contribution in [3.8, 4) is 11.8 Å². The molecule has 1 aromatic carbocycles. The maximum atomic E-state index is 9.24. The summed E-state index contributed by atoms with van der Waals surface area (Å²) in [6, 6.07) is 8.51. The number of hydrogen-bond donors (Lipinski definition) is 2. The molecule has 0 radical (unpaired) electrons. The highest BCUT2D eigenvalue weighted by atomic mass is 16.5. The third kappa shape index (κ3) is 4.83. The first-order valence-corrected chi connectivity index (χ1v) is 7.38. The number of aliphatic hydroxyl groups excluding tert-OH is 2. The molecule has 0 spiro atoms. The van der Waals surface area contributed by atoms with Crippen LogP contribution in [0.4, 0.5) is 0 Å². The van der Waals surface area contributed by atoms with Crippen LogP contribution >= 0.6 is 0 Å². The summed E-state index contributed by atoms with van der Waals surface area (Å²) in [5.74, 6) is 6.00. The molecule has 0 aliphatic carbocycles. The Hall–Kier alpha value is -1.38. The third-order valence-electron chi connectivity index (χ3n) is 3.62. The zero-order valence-corrected chi connectivity index (χ0v) is 12.5. The number of aliphatic hydroxyl groups is 2. The fourth-order valence-corrected chi connectivity index (χ4v) is 2.41. The predicted octanol–water partition coefficient (Wildman–Crippen LogP) is 1.00. The van der Waals surface area contributed by atoms with Crippen molar-refractivity contribution in [1.29, 1.82) is 0 Å². The van der Waals surface area contributed by atoms with Gasteiger partial charge in [-0.1, -0.05) is 24.0 Å². The lowest BCUT2D eigenvalue weighted by molar-refractivity contribution is -0.0805. The second-order valence-electron chi connectivity index (χ2n) is 5.39. The van der Waals surface area contributed by atoms with Gasteiger partial charge in [0.2, 0.25) is 0 Å². The minimum atomic E-state index is -0.0891. The van der Waals surface area contributed by atoms with Crippen molar-refractivity contribution in [2.24, 2.45) is 0 Å². The molecule has 0 aromatic heterocycles. The van der Waals surface area contributed by atoms with Gasteiger partial charge in [0, 0.05) is 31.1 Å². The van der Waals surface area contributed by atoms with Gasteiger partial charge < -0.3 is 14.9 Å². The maximum Gasteiger partial charge on any atom is 0.0933 e. The summed E-state index contributed by atoms with van der Waals surface area (Å²) < 4.78 is 5.56. The van der Waals surface area contributed by atoms with Crippen LogP contribution in [0.2, 0.25) is 0 Å². The smallest absolute Gasteiger partial charge is 0.0933 e. The molecule has 4 nitrogen and oxygen atoms in total. The highest BCUT2D eigenvalue weighted by molar-refractivity contribution is 5.37. The molecule has 0 bridgehead atoms.